The van der Waals surface area contributed by atoms with E-state index in [0.29, 0.717) is 0 Å². The maximum atomic E-state index is 6.48. The van der Waals surface area contributed by atoms with Crippen LogP contribution in [0.1, 0.15) is 25.0 Å². The molecule has 0 bridgehead atoms. The zero-order valence-corrected chi connectivity index (χ0v) is 26.3. The fourth-order valence-corrected chi connectivity index (χ4v) is 8.22. The Morgan fingerprint density at radius 3 is 2.02 bits per heavy atom. The maximum absolute atomic E-state index is 6.48. The number of para-hydroxylation sites is 4. The van der Waals surface area contributed by atoms with Crippen molar-refractivity contribution in [1.29, 1.82) is 0 Å². The first-order valence-electron chi connectivity index (χ1n) is 16.4. The number of hydrogen-bond acceptors (Lipinski definition) is 1. The highest BCUT2D eigenvalue weighted by Crippen LogP contribution is 2.56. The molecule has 2 heteroatoms. The summed E-state index contributed by atoms with van der Waals surface area (Å²) in [5, 5.41) is 4.88. The van der Waals surface area contributed by atoms with Crippen LogP contribution in [0.3, 0.4) is 0 Å². The van der Waals surface area contributed by atoms with Crippen LogP contribution in [0.5, 0.6) is 0 Å². The minimum Gasteiger partial charge on any atom is -0.455 e. The van der Waals surface area contributed by atoms with E-state index in [1.54, 1.807) is 0 Å². The van der Waals surface area contributed by atoms with E-state index in [0.717, 1.165) is 27.5 Å². The number of benzene rings is 7. The highest BCUT2D eigenvalue weighted by molar-refractivity contribution is 6.20. The van der Waals surface area contributed by atoms with Crippen LogP contribution in [-0.4, -0.2) is 4.57 Å². The molecule has 0 N–H and O–H groups in total. The van der Waals surface area contributed by atoms with Gasteiger partial charge in [0.25, 0.3) is 0 Å². The smallest absolute Gasteiger partial charge is 0.143 e. The van der Waals surface area contributed by atoms with Crippen LogP contribution in [0.4, 0.5) is 0 Å². The Bertz CT molecular complexity index is 2690. The summed E-state index contributed by atoms with van der Waals surface area (Å²) >= 11 is 0. The van der Waals surface area contributed by atoms with Gasteiger partial charge in [-0.3, -0.25) is 0 Å². The van der Waals surface area contributed by atoms with Gasteiger partial charge in [-0.25, -0.2) is 0 Å². The zero-order chi connectivity index (χ0) is 31.3. The molecule has 1 aliphatic carbocycles. The molecule has 0 unspecified atom stereocenters. The number of aromatic nitrogens is 1. The molecular weight excluding hydrogens is 571 g/mol. The Morgan fingerprint density at radius 2 is 1.19 bits per heavy atom. The monoisotopic (exact) mass is 601 g/mol. The van der Waals surface area contributed by atoms with E-state index in [2.05, 4.69) is 164 Å². The van der Waals surface area contributed by atoms with Crippen molar-refractivity contribution < 1.29 is 4.42 Å². The summed E-state index contributed by atoms with van der Waals surface area (Å²) < 4.78 is 8.93. The van der Waals surface area contributed by atoms with E-state index in [1.807, 2.05) is 6.07 Å². The molecule has 0 radical (unpaired) electrons. The van der Waals surface area contributed by atoms with Crippen molar-refractivity contribution in [2.45, 2.75) is 19.3 Å². The summed E-state index contributed by atoms with van der Waals surface area (Å²) in [5.74, 6) is 0. The molecule has 0 aliphatic heterocycles. The van der Waals surface area contributed by atoms with Crippen molar-refractivity contribution in [2.24, 2.45) is 0 Å². The average Bonchev–Trinajstić information content (AvgIpc) is 3.74. The number of rotatable bonds is 3. The molecule has 0 fully saturated rings. The molecule has 0 atom stereocenters. The highest BCUT2D eigenvalue weighted by atomic mass is 16.3. The highest BCUT2D eigenvalue weighted by Gasteiger charge is 2.39. The molecule has 2 aromatic heterocycles. The zero-order valence-electron chi connectivity index (χ0n) is 26.3. The van der Waals surface area contributed by atoms with Gasteiger partial charge in [0.2, 0.25) is 0 Å². The van der Waals surface area contributed by atoms with Crippen LogP contribution >= 0.6 is 0 Å². The van der Waals surface area contributed by atoms with Gasteiger partial charge in [-0.2, -0.15) is 0 Å². The average molecular weight is 602 g/mol. The molecule has 0 saturated carbocycles. The summed E-state index contributed by atoms with van der Waals surface area (Å²) in [6.45, 7) is 4.78. The third-order valence-corrected chi connectivity index (χ3v) is 10.4. The third kappa shape index (κ3) is 3.61. The SMILES string of the molecule is CC1(C)c2cc(-c3cccc4c3oc3ccccc34)ccc2-c2c1cc1c(c2-c2ccccc2)c2ccccc2n1-c1ccccc1. The Morgan fingerprint density at radius 1 is 0.489 bits per heavy atom. The van der Waals surface area contributed by atoms with Gasteiger partial charge >= 0.3 is 0 Å². The second-order valence-corrected chi connectivity index (χ2v) is 13.3. The Hall–Kier alpha value is -5.86. The van der Waals surface area contributed by atoms with Crippen molar-refractivity contribution in [3.63, 3.8) is 0 Å². The molecule has 1 aliphatic rings. The maximum Gasteiger partial charge on any atom is 0.143 e. The van der Waals surface area contributed by atoms with E-state index >= 15 is 0 Å². The van der Waals surface area contributed by atoms with E-state index in [4.69, 9.17) is 4.42 Å². The van der Waals surface area contributed by atoms with Crippen LogP contribution in [0.25, 0.3) is 82.8 Å². The van der Waals surface area contributed by atoms with Gasteiger partial charge in [0.05, 0.1) is 11.0 Å². The first-order valence-corrected chi connectivity index (χ1v) is 16.4. The van der Waals surface area contributed by atoms with E-state index < -0.39 is 0 Å². The second kappa shape index (κ2) is 9.57. The van der Waals surface area contributed by atoms with Crippen LogP contribution in [0.15, 0.2) is 156 Å². The molecule has 47 heavy (non-hydrogen) atoms. The minimum absolute atomic E-state index is 0.224. The van der Waals surface area contributed by atoms with Crippen LogP contribution < -0.4 is 0 Å². The standard InChI is InChI=1S/C45H31NO/c1-45(2)36-26-29(31-20-13-21-33-32-18-10-12-23-40(32)47-44(31)33)24-25-34(36)42-37(45)27-39-43(41(42)28-14-5-3-6-15-28)35-19-9-11-22-38(35)46(39)30-16-7-4-8-17-30/h3-27H,1-2H3. The van der Waals surface area contributed by atoms with E-state index in [9.17, 15) is 0 Å². The van der Waals surface area contributed by atoms with E-state index in [-0.39, 0.29) is 5.41 Å². The van der Waals surface area contributed by atoms with E-state index in [1.165, 1.54) is 66.4 Å². The number of hydrogen-bond donors (Lipinski definition) is 0. The fourth-order valence-electron chi connectivity index (χ4n) is 8.22. The predicted octanol–water partition coefficient (Wildman–Crippen LogP) is 12.3. The van der Waals surface area contributed by atoms with Crippen molar-refractivity contribution in [1.82, 2.24) is 4.57 Å². The summed E-state index contributed by atoms with van der Waals surface area (Å²) in [4.78, 5) is 0. The lowest BCUT2D eigenvalue weighted by atomic mass is 9.80. The molecule has 0 amide bonds. The van der Waals surface area contributed by atoms with Crippen LogP contribution in [0.2, 0.25) is 0 Å². The molecule has 2 heterocycles. The lowest BCUT2D eigenvalue weighted by molar-refractivity contribution is 0.660. The lowest BCUT2D eigenvalue weighted by Crippen LogP contribution is -2.15. The molecule has 0 saturated heterocycles. The Kier molecular flexibility index (Phi) is 5.37. The number of nitrogens with zero attached hydrogens (tertiary/aromatic N) is 1. The molecule has 10 rings (SSSR count). The van der Waals surface area contributed by atoms with Crippen molar-refractivity contribution in [2.75, 3.05) is 0 Å². The molecular formula is C45H31NO. The normalized spacial score (nSPS) is 13.5. The molecule has 2 nitrogen and oxygen atoms in total. The van der Waals surface area contributed by atoms with Crippen LogP contribution in [-0.2, 0) is 5.41 Å². The summed E-state index contributed by atoms with van der Waals surface area (Å²) in [7, 11) is 0. The largest absolute Gasteiger partial charge is 0.455 e. The van der Waals surface area contributed by atoms with Gasteiger partial charge in [-0.05, 0) is 75.3 Å². The predicted molar refractivity (Wildman–Crippen MR) is 196 cm³/mol. The fraction of sp³-hybridized carbons (Fsp3) is 0.0667. The molecule has 7 aromatic carbocycles. The minimum atomic E-state index is -0.224. The number of furan rings is 1. The van der Waals surface area contributed by atoms with Crippen LogP contribution in [0, 0.1) is 0 Å². The van der Waals surface area contributed by atoms with Crippen molar-refractivity contribution in [3.8, 4) is 39.1 Å². The van der Waals surface area contributed by atoms with Gasteiger partial charge in [0.15, 0.2) is 0 Å². The quantitative estimate of drug-likeness (QED) is 0.197. The first kappa shape index (κ1) is 26.4. The summed E-state index contributed by atoms with van der Waals surface area (Å²) in [6.07, 6.45) is 0. The first-order chi connectivity index (χ1) is 23.1. The van der Waals surface area contributed by atoms with Gasteiger partial charge in [0.1, 0.15) is 11.2 Å². The number of fused-ring (bicyclic) bond motifs is 9. The second-order valence-electron chi connectivity index (χ2n) is 13.3. The Balaban J connectivity index is 1.29. The summed E-state index contributed by atoms with van der Waals surface area (Å²) in [6, 6.07) is 55.0. The topological polar surface area (TPSA) is 18.1 Å². The third-order valence-electron chi connectivity index (χ3n) is 10.4. The lowest BCUT2D eigenvalue weighted by Gasteiger charge is -2.23. The van der Waals surface area contributed by atoms with Gasteiger partial charge in [0, 0.05) is 38.2 Å². The van der Waals surface area contributed by atoms with Gasteiger partial charge < -0.3 is 8.98 Å². The van der Waals surface area contributed by atoms with Crippen molar-refractivity contribution in [3.05, 3.63) is 163 Å². The Labute approximate surface area is 273 Å². The van der Waals surface area contributed by atoms with Gasteiger partial charge in [-0.15, -0.1) is 0 Å². The molecule has 0 spiro atoms. The summed E-state index contributed by atoms with van der Waals surface area (Å²) in [5.41, 5.74) is 15.5. The van der Waals surface area contributed by atoms with Gasteiger partial charge in [-0.1, -0.05) is 129 Å². The molecule has 9 aromatic rings. The van der Waals surface area contributed by atoms with Crippen molar-refractivity contribution >= 4 is 43.7 Å². The molecule has 222 valence electrons.